The summed E-state index contributed by atoms with van der Waals surface area (Å²) in [6.45, 7) is 10.7. The van der Waals surface area contributed by atoms with Gasteiger partial charge in [0.15, 0.2) is 0 Å². The summed E-state index contributed by atoms with van der Waals surface area (Å²) >= 11 is 7.99. The number of aromatic nitrogens is 3. The third-order valence-corrected chi connectivity index (χ3v) is 12.6. The van der Waals surface area contributed by atoms with E-state index in [-0.39, 0.29) is 11.0 Å². The van der Waals surface area contributed by atoms with Gasteiger partial charge in [0.1, 0.15) is 16.6 Å². The topological polar surface area (TPSA) is 50.9 Å². The molecular weight excluding hydrogens is 478 g/mol. The summed E-state index contributed by atoms with van der Waals surface area (Å²) in [4.78, 5) is 13.8. The molecule has 1 atom stereocenters. The van der Waals surface area contributed by atoms with E-state index in [0.717, 1.165) is 39.0 Å². The number of thiophene rings is 1. The molecule has 2 heterocycles. The molecule has 0 aliphatic carbocycles. The molecule has 34 heavy (non-hydrogen) atoms. The van der Waals surface area contributed by atoms with Gasteiger partial charge in [-0.05, 0) is 41.7 Å². The molecule has 0 bridgehead atoms. The second-order valence-electron chi connectivity index (χ2n) is 9.69. The normalized spacial score (nSPS) is 13.3. The fourth-order valence-corrected chi connectivity index (χ4v) is 10.3. The van der Waals surface area contributed by atoms with Crippen LogP contribution < -0.4 is 10.4 Å². The van der Waals surface area contributed by atoms with Crippen LogP contribution in [0, 0.1) is 13.8 Å². The summed E-state index contributed by atoms with van der Waals surface area (Å²) in [5.41, 5.74) is 1.10. The molecular formula is C27H32ClN3OSSi. The van der Waals surface area contributed by atoms with Crippen molar-refractivity contribution in [3.8, 4) is 5.00 Å². The van der Waals surface area contributed by atoms with Gasteiger partial charge < -0.3 is 4.80 Å². The number of halogens is 1. The van der Waals surface area contributed by atoms with Crippen molar-refractivity contribution in [2.75, 3.05) is 0 Å². The first-order valence-corrected chi connectivity index (χ1v) is 14.9. The van der Waals surface area contributed by atoms with E-state index < -0.39 is 8.32 Å². The van der Waals surface area contributed by atoms with E-state index in [1.165, 1.54) is 4.88 Å². The standard InChI is InChI=1S/C27H32ClN3OSSi/c1-19(25-30-29-21(3)31(25)26-22(18-28)16-20(2)33-26)17-27(4,5)34(32,23-12-8-6-9-13-23)24-14-10-7-11-15-24/h6-16,19,32H,17-18H2,1-5H3. The summed E-state index contributed by atoms with van der Waals surface area (Å²) in [5.74, 6) is 2.29. The highest BCUT2D eigenvalue weighted by Gasteiger charge is 2.50. The molecule has 0 fully saturated rings. The largest absolute Gasteiger partial charge is 0.424 e. The van der Waals surface area contributed by atoms with Crippen molar-refractivity contribution in [3.63, 3.8) is 0 Å². The number of hydrogen-bond donors (Lipinski definition) is 1. The summed E-state index contributed by atoms with van der Waals surface area (Å²) < 4.78 is 2.15. The number of benzene rings is 2. The minimum Gasteiger partial charge on any atom is -0.424 e. The molecule has 7 heteroatoms. The van der Waals surface area contributed by atoms with Gasteiger partial charge in [0, 0.05) is 16.4 Å². The maximum absolute atomic E-state index is 12.5. The van der Waals surface area contributed by atoms with Gasteiger partial charge in [-0.3, -0.25) is 4.57 Å². The van der Waals surface area contributed by atoms with Crippen LogP contribution in [0.3, 0.4) is 0 Å². The Hall–Kier alpha value is -2.25. The van der Waals surface area contributed by atoms with E-state index in [4.69, 9.17) is 11.6 Å². The minimum absolute atomic E-state index is 0.0771. The number of nitrogens with zero attached hydrogens (tertiary/aromatic N) is 3. The van der Waals surface area contributed by atoms with Gasteiger partial charge >= 0.3 is 0 Å². The predicted octanol–water partition coefficient (Wildman–Crippen LogP) is 5.71. The Morgan fingerprint density at radius 2 is 1.56 bits per heavy atom. The molecule has 4 rings (SSSR count). The second kappa shape index (κ2) is 9.78. The van der Waals surface area contributed by atoms with Crippen LogP contribution in [-0.2, 0) is 5.88 Å². The molecule has 4 aromatic rings. The molecule has 0 aliphatic rings. The fourth-order valence-electron chi connectivity index (χ4n) is 5.10. The van der Waals surface area contributed by atoms with Crippen LogP contribution in [0.2, 0.25) is 5.04 Å². The minimum atomic E-state index is -3.10. The van der Waals surface area contributed by atoms with Crippen LogP contribution in [0.5, 0.6) is 0 Å². The molecule has 1 unspecified atom stereocenters. The highest BCUT2D eigenvalue weighted by Crippen LogP contribution is 2.44. The summed E-state index contributed by atoms with van der Waals surface area (Å²) in [6.07, 6.45) is 0.762. The lowest BCUT2D eigenvalue weighted by Crippen LogP contribution is -2.65. The SMILES string of the molecule is Cc1cc(CCl)c(-n2c(C)nnc2C(C)CC(C)(C)[Si](O)(c2ccccc2)c2ccccc2)s1. The van der Waals surface area contributed by atoms with E-state index >= 15 is 0 Å². The first-order chi connectivity index (χ1) is 16.2. The van der Waals surface area contributed by atoms with E-state index in [1.807, 2.05) is 43.3 Å². The zero-order valence-electron chi connectivity index (χ0n) is 20.4. The third kappa shape index (κ3) is 4.40. The van der Waals surface area contributed by atoms with E-state index in [2.05, 4.69) is 72.8 Å². The van der Waals surface area contributed by atoms with Crippen LogP contribution in [0.15, 0.2) is 66.7 Å². The predicted molar refractivity (Wildman–Crippen MR) is 145 cm³/mol. The Morgan fingerprint density at radius 1 is 1.00 bits per heavy atom. The molecule has 0 amide bonds. The molecule has 178 valence electrons. The summed E-state index contributed by atoms with van der Waals surface area (Å²) in [5, 5.41) is 11.8. The van der Waals surface area contributed by atoms with Crippen LogP contribution >= 0.6 is 22.9 Å². The van der Waals surface area contributed by atoms with Crippen molar-refractivity contribution in [2.45, 2.75) is 57.9 Å². The second-order valence-corrected chi connectivity index (χ2v) is 15.1. The summed E-state index contributed by atoms with van der Waals surface area (Å²) in [7, 11) is -3.10. The zero-order chi connectivity index (χ0) is 24.5. The number of alkyl halides is 1. The molecule has 0 spiro atoms. The molecule has 0 saturated heterocycles. The van der Waals surface area contributed by atoms with Crippen LogP contribution in [0.4, 0.5) is 0 Å². The molecule has 0 aliphatic heterocycles. The Morgan fingerprint density at radius 3 is 2.09 bits per heavy atom. The fraction of sp³-hybridized carbons (Fsp3) is 0.333. The monoisotopic (exact) mass is 509 g/mol. The highest BCUT2D eigenvalue weighted by atomic mass is 35.5. The van der Waals surface area contributed by atoms with Crippen LogP contribution in [0.25, 0.3) is 5.00 Å². The van der Waals surface area contributed by atoms with Crippen LogP contribution in [-0.4, -0.2) is 27.9 Å². The van der Waals surface area contributed by atoms with Gasteiger partial charge in [-0.15, -0.1) is 33.1 Å². The zero-order valence-corrected chi connectivity index (χ0v) is 23.0. The first-order valence-electron chi connectivity index (χ1n) is 11.6. The average molecular weight is 510 g/mol. The van der Waals surface area contributed by atoms with Gasteiger partial charge in [-0.25, -0.2) is 0 Å². The lowest BCUT2D eigenvalue weighted by molar-refractivity contribution is 0.436. The molecule has 0 radical (unpaired) electrons. The van der Waals surface area contributed by atoms with Gasteiger partial charge in [0.2, 0.25) is 0 Å². The number of aryl methyl sites for hydroxylation is 2. The smallest absolute Gasteiger partial charge is 0.258 e. The van der Waals surface area contributed by atoms with E-state index in [9.17, 15) is 4.80 Å². The maximum Gasteiger partial charge on any atom is 0.258 e. The third-order valence-electron chi connectivity index (χ3n) is 6.73. The van der Waals surface area contributed by atoms with Gasteiger partial charge in [0.25, 0.3) is 8.32 Å². The van der Waals surface area contributed by atoms with Gasteiger partial charge in [-0.1, -0.05) is 81.4 Å². The Labute approximate surface area is 212 Å². The van der Waals surface area contributed by atoms with Crippen molar-refractivity contribution >= 4 is 41.6 Å². The number of rotatable bonds is 8. The van der Waals surface area contributed by atoms with Gasteiger partial charge in [0.05, 0.1) is 5.88 Å². The van der Waals surface area contributed by atoms with Crippen molar-refractivity contribution in [1.82, 2.24) is 14.8 Å². The van der Waals surface area contributed by atoms with Crippen LogP contribution in [0.1, 0.15) is 55.2 Å². The van der Waals surface area contributed by atoms with Crippen molar-refractivity contribution in [1.29, 1.82) is 0 Å². The molecule has 2 aromatic carbocycles. The summed E-state index contributed by atoms with van der Waals surface area (Å²) in [6, 6.07) is 22.5. The van der Waals surface area contributed by atoms with Crippen molar-refractivity contribution in [2.24, 2.45) is 0 Å². The highest BCUT2D eigenvalue weighted by molar-refractivity contribution is 7.14. The van der Waals surface area contributed by atoms with Gasteiger partial charge in [-0.2, -0.15) is 0 Å². The lowest BCUT2D eigenvalue weighted by Gasteiger charge is -2.42. The quantitative estimate of drug-likeness (QED) is 0.244. The Bertz CT molecular complexity index is 1210. The van der Waals surface area contributed by atoms with Crippen molar-refractivity contribution in [3.05, 3.63) is 88.8 Å². The molecule has 2 aromatic heterocycles. The molecule has 4 nitrogen and oxygen atoms in total. The average Bonchev–Trinajstić information content (AvgIpc) is 3.40. The molecule has 1 N–H and O–H groups in total. The lowest BCUT2D eigenvalue weighted by atomic mass is 9.97. The maximum atomic E-state index is 12.5. The van der Waals surface area contributed by atoms with Crippen molar-refractivity contribution < 1.29 is 4.80 Å². The Balaban J connectivity index is 1.76. The van der Waals surface area contributed by atoms with E-state index in [1.54, 1.807) is 11.3 Å². The Kier molecular flexibility index (Phi) is 7.15. The number of hydrogen-bond acceptors (Lipinski definition) is 4. The van der Waals surface area contributed by atoms with E-state index in [0.29, 0.717) is 5.88 Å². The first kappa shape index (κ1) is 24.9. The molecule has 0 saturated carbocycles.